The van der Waals surface area contributed by atoms with Crippen molar-refractivity contribution in [1.29, 1.82) is 0 Å². The van der Waals surface area contributed by atoms with E-state index in [4.69, 9.17) is 16.7 Å². The minimum atomic E-state index is -4.78. The van der Waals surface area contributed by atoms with Crippen molar-refractivity contribution >= 4 is 43.1 Å². The van der Waals surface area contributed by atoms with Crippen molar-refractivity contribution in [2.24, 2.45) is 0 Å². The highest BCUT2D eigenvalue weighted by Gasteiger charge is 2.29. The lowest BCUT2D eigenvalue weighted by Gasteiger charge is -2.16. The molecule has 0 atom stereocenters. The van der Waals surface area contributed by atoms with Crippen LogP contribution in [-0.2, 0) is 19.9 Å². The van der Waals surface area contributed by atoms with Gasteiger partial charge in [-0.3, -0.25) is 4.39 Å². The van der Waals surface area contributed by atoms with Crippen LogP contribution in [0.4, 0.5) is 18.9 Å². The van der Waals surface area contributed by atoms with Crippen molar-refractivity contribution in [3.05, 3.63) is 28.5 Å². The maximum atomic E-state index is 14.1. The zero-order valence-corrected chi connectivity index (χ0v) is 15.6. The van der Waals surface area contributed by atoms with Crippen LogP contribution in [0.25, 0.3) is 0 Å². The van der Waals surface area contributed by atoms with Crippen molar-refractivity contribution in [1.82, 2.24) is 0 Å². The third kappa shape index (κ3) is 5.74. The molecule has 0 bridgehead atoms. The lowest BCUT2D eigenvalue weighted by molar-refractivity contribution is 0.0692. The first-order valence-corrected chi connectivity index (χ1v) is 10.9. The van der Waals surface area contributed by atoms with Gasteiger partial charge in [-0.2, -0.15) is 0 Å². The molecule has 0 aliphatic rings. The normalized spacial score (nSPS) is 12.2. The van der Waals surface area contributed by atoms with Gasteiger partial charge in [-0.15, -0.1) is 0 Å². The fourth-order valence-electron chi connectivity index (χ4n) is 1.94. The first-order chi connectivity index (χ1) is 11.9. The maximum Gasteiger partial charge on any atom is 0.340 e. The highest BCUT2D eigenvalue weighted by molar-refractivity contribution is 7.93. The second-order valence-electron chi connectivity index (χ2n) is 5.14. The number of carboxylic acids is 1. The van der Waals surface area contributed by atoms with Crippen LogP contribution >= 0.6 is 11.6 Å². The molecule has 0 spiro atoms. The van der Waals surface area contributed by atoms with Gasteiger partial charge in [0.05, 0.1) is 29.0 Å². The monoisotopic (exact) mass is 437 g/mol. The number of aromatic carboxylic acids is 1. The zero-order valence-electron chi connectivity index (χ0n) is 13.2. The molecule has 0 unspecified atom stereocenters. The molecule has 0 saturated carbocycles. The van der Waals surface area contributed by atoms with Crippen molar-refractivity contribution < 1.29 is 40.0 Å². The van der Waals surface area contributed by atoms with E-state index in [1.54, 1.807) is 0 Å². The summed E-state index contributed by atoms with van der Waals surface area (Å²) in [7, 11) is -8.48. The largest absolute Gasteiger partial charge is 0.478 e. The van der Waals surface area contributed by atoms with E-state index in [1.807, 2.05) is 0 Å². The second-order valence-corrected chi connectivity index (χ2v) is 9.74. The molecular formula is C13H15ClF3NO6S2. The van der Waals surface area contributed by atoms with Crippen LogP contribution in [0.1, 0.15) is 23.2 Å². The SMILES string of the molecule is O=C(O)c1c(Cl)ccc(N(F)S(=O)(=O)CCCS(=O)(=O)CCCF)c1F. The van der Waals surface area contributed by atoms with Crippen LogP contribution in [0.2, 0.25) is 5.02 Å². The number of benzene rings is 1. The fourth-order valence-corrected chi connectivity index (χ4v) is 4.80. The molecule has 0 saturated heterocycles. The summed E-state index contributed by atoms with van der Waals surface area (Å²) in [6.07, 6.45) is -0.739. The third-order valence-corrected chi connectivity index (χ3v) is 6.79. The fraction of sp³-hybridized carbons (Fsp3) is 0.462. The highest BCUT2D eigenvalue weighted by atomic mass is 35.5. The molecule has 1 aromatic carbocycles. The van der Waals surface area contributed by atoms with Crippen LogP contribution in [0.5, 0.6) is 0 Å². The summed E-state index contributed by atoms with van der Waals surface area (Å²) in [4.78, 5) is 10.9. The summed E-state index contributed by atoms with van der Waals surface area (Å²) in [5, 5.41) is 8.30. The van der Waals surface area contributed by atoms with Gasteiger partial charge in [0.1, 0.15) is 21.1 Å². The lowest BCUT2D eigenvalue weighted by atomic mass is 10.2. The van der Waals surface area contributed by atoms with Gasteiger partial charge < -0.3 is 5.11 Å². The molecule has 148 valence electrons. The standard InChI is InChI=1S/C13H15ClF3NO6S2/c14-9-3-4-10(12(16)11(9)13(19)20)18(17)26(23,24)8-2-7-25(21,22)6-1-5-15/h3-4H,1-2,5-8H2,(H,19,20). The number of rotatable bonds is 10. The number of anilines is 1. The quantitative estimate of drug-likeness (QED) is 0.563. The Kier molecular flexibility index (Phi) is 7.71. The van der Waals surface area contributed by atoms with Crippen LogP contribution in [0, 0.1) is 5.82 Å². The van der Waals surface area contributed by atoms with Crippen molar-refractivity contribution in [3.8, 4) is 0 Å². The van der Waals surface area contributed by atoms with Crippen molar-refractivity contribution in [2.45, 2.75) is 12.8 Å². The molecule has 26 heavy (non-hydrogen) atoms. The summed E-state index contributed by atoms with van der Waals surface area (Å²) >= 11 is 5.49. The number of carboxylic acid groups (broad SMARTS) is 1. The number of hydrogen-bond donors (Lipinski definition) is 1. The van der Waals surface area contributed by atoms with Gasteiger partial charge in [0.2, 0.25) is 0 Å². The smallest absolute Gasteiger partial charge is 0.340 e. The average molecular weight is 438 g/mol. The van der Waals surface area contributed by atoms with Gasteiger partial charge in [-0.25, -0.2) is 26.0 Å². The lowest BCUT2D eigenvalue weighted by Crippen LogP contribution is -2.28. The van der Waals surface area contributed by atoms with E-state index in [2.05, 4.69) is 0 Å². The van der Waals surface area contributed by atoms with Crippen LogP contribution in [-0.4, -0.2) is 51.8 Å². The number of nitrogens with zero attached hydrogens (tertiary/aromatic N) is 1. The van der Waals surface area contributed by atoms with E-state index in [1.165, 1.54) is 0 Å². The van der Waals surface area contributed by atoms with Crippen molar-refractivity contribution in [2.75, 3.05) is 28.5 Å². The van der Waals surface area contributed by atoms with E-state index in [9.17, 15) is 34.9 Å². The van der Waals surface area contributed by atoms with E-state index >= 15 is 0 Å². The number of alkyl halides is 1. The van der Waals surface area contributed by atoms with Gasteiger partial charge >= 0.3 is 5.97 Å². The summed E-state index contributed by atoms with van der Waals surface area (Å²) in [5.74, 6) is -5.59. The number of sulfone groups is 1. The van der Waals surface area contributed by atoms with E-state index in [0.29, 0.717) is 6.07 Å². The molecule has 1 aromatic rings. The Morgan fingerprint density at radius 2 is 1.69 bits per heavy atom. The van der Waals surface area contributed by atoms with Gasteiger partial charge in [-0.05, 0) is 25.0 Å². The molecule has 0 radical (unpaired) electrons. The molecule has 7 nitrogen and oxygen atoms in total. The predicted octanol–water partition coefficient (Wildman–Crippen LogP) is 2.36. The van der Waals surface area contributed by atoms with Crippen LogP contribution in [0.15, 0.2) is 12.1 Å². The Balaban J connectivity index is 2.94. The van der Waals surface area contributed by atoms with Gasteiger partial charge in [-0.1, -0.05) is 20.6 Å². The van der Waals surface area contributed by atoms with E-state index in [-0.39, 0.29) is 6.42 Å². The molecular weight excluding hydrogens is 423 g/mol. The Morgan fingerprint density at radius 3 is 2.23 bits per heavy atom. The predicted molar refractivity (Wildman–Crippen MR) is 89.6 cm³/mol. The Bertz CT molecular complexity index is 876. The van der Waals surface area contributed by atoms with E-state index in [0.717, 1.165) is 6.07 Å². The molecule has 0 fully saturated rings. The zero-order chi connectivity index (χ0) is 20.1. The summed E-state index contributed by atoms with van der Waals surface area (Å²) < 4.78 is 86.1. The van der Waals surface area contributed by atoms with Crippen molar-refractivity contribution in [3.63, 3.8) is 0 Å². The third-order valence-electron chi connectivity index (χ3n) is 3.16. The minimum absolute atomic E-state index is 0.238. The number of hydrogen-bond acceptors (Lipinski definition) is 5. The summed E-state index contributed by atoms with van der Waals surface area (Å²) in [6.45, 7) is -0.850. The molecule has 0 aromatic heterocycles. The summed E-state index contributed by atoms with van der Waals surface area (Å²) in [5.41, 5.74) is -2.29. The molecule has 1 N–H and O–H groups in total. The van der Waals surface area contributed by atoms with E-state index < -0.39 is 82.8 Å². The molecule has 0 aliphatic carbocycles. The van der Waals surface area contributed by atoms with Crippen LogP contribution in [0.3, 0.4) is 0 Å². The molecule has 1 rings (SSSR count). The van der Waals surface area contributed by atoms with Gasteiger partial charge in [0.15, 0.2) is 5.82 Å². The Hall–Kier alpha value is -1.53. The Labute approximate surface area is 153 Å². The number of sulfonamides is 1. The number of halogens is 4. The first-order valence-electron chi connectivity index (χ1n) is 7.09. The maximum absolute atomic E-state index is 14.1. The second kappa shape index (κ2) is 8.91. The van der Waals surface area contributed by atoms with Crippen LogP contribution < -0.4 is 4.53 Å². The first kappa shape index (κ1) is 22.5. The average Bonchev–Trinajstić information content (AvgIpc) is 2.52. The molecule has 0 heterocycles. The summed E-state index contributed by atoms with van der Waals surface area (Å²) in [6, 6.07) is 1.45. The molecule has 0 amide bonds. The number of carbonyl (C=O) groups is 1. The molecule has 0 aliphatic heterocycles. The topological polar surface area (TPSA) is 109 Å². The molecule has 13 heteroatoms. The Morgan fingerprint density at radius 1 is 1.12 bits per heavy atom. The highest BCUT2D eigenvalue weighted by Crippen LogP contribution is 2.30. The van der Waals surface area contributed by atoms with Gasteiger partial charge in [0, 0.05) is 0 Å². The minimum Gasteiger partial charge on any atom is -0.478 e. The van der Waals surface area contributed by atoms with Gasteiger partial charge in [0.25, 0.3) is 10.0 Å².